The maximum absolute atomic E-state index is 6.70. The summed E-state index contributed by atoms with van der Waals surface area (Å²) < 4.78 is 6.70. The molecule has 0 amide bonds. The zero-order valence-electron chi connectivity index (χ0n) is 33.4. The number of benzene rings is 10. The van der Waals surface area contributed by atoms with Crippen LogP contribution < -0.4 is 14.5 Å². The summed E-state index contributed by atoms with van der Waals surface area (Å²) in [4.78, 5) is 4.88. The van der Waals surface area contributed by atoms with Crippen LogP contribution in [0.15, 0.2) is 206 Å². The summed E-state index contributed by atoms with van der Waals surface area (Å²) >= 11 is 0. The first-order valence-electron chi connectivity index (χ1n) is 20.8. The number of nitrogens with zero attached hydrogens (tertiary/aromatic N) is 2. The molecule has 0 saturated heterocycles. The van der Waals surface area contributed by atoms with Crippen molar-refractivity contribution in [1.82, 2.24) is 0 Å². The SMILES string of the molecule is CC1(C)c2ccc(-c3ccc(N(c4ccc(-c5ccccc5)cc4)c4cc5ccccc5c5ccccc45)cc3)cc2N2c3c(cccc31)Oc1ccc3ccccc3c12. The lowest BCUT2D eigenvalue weighted by Crippen LogP contribution is -2.32. The lowest BCUT2D eigenvalue weighted by atomic mass is 9.72. The minimum absolute atomic E-state index is 0.232. The predicted octanol–water partition coefficient (Wildman–Crippen LogP) is 16.2. The molecular formula is C57H40N2O. The lowest BCUT2D eigenvalue weighted by molar-refractivity contribution is 0.472. The highest BCUT2D eigenvalue weighted by Crippen LogP contribution is 2.61. The van der Waals surface area contributed by atoms with E-state index in [-0.39, 0.29) is 5.41 Å². The molecule has 2 aliphatic heterocycles. The molecule has 0 spiro atoms. The van der Waals surface area contributed by atoms with E-state index in [0.29, 0.717) is 0 Å². The Hall–Kier alpha value is -7.62. The summed E-state index contributed by atoms with van der Waals surface area (Å²) in [7, 11) is 0. The van der Waals surface area contributed by atoms with E-state index in [4.69, 9.17) is 4.74 Å². The summed E-state index contributed by atoms with van der Waals surface area (Å²) in [5, 5.41) is 7.29. The molecule has 60 heavy (non-hydrogen) atoms. The molecule has 0 fully saturated rings. The Bertz CT molecular complexity index is 3310. The van der Waals surface area contributed by atoms with Gasteiger partial charge in [0.2, 0.25) is 0 Å². The average molecular weight is 769 g/mol. The van der Waals surface area contributed by atoms with Crippen molar-refractivity contribution in [3.63, 3.8) is 0 Å². The normalized spacial score (nSPS) is 13.4. The highest BCUT2D eigenvalue weighted by Gasteiger charge is 2.42. The molecule has 284 valence electrons. The molecule has 10 aromatic carbocycles. The highest BCUT2D eigenvalue weighted by atomic mass is 16.5. The van der Waals surface area contributed by atoms with Crippen molar-refractivity contribution >= 4 is 66.4 Å². The van der Waals surface area contributed by atoms with Gasteiger partial charge in [0.05, 0.1) is 22.7 Å². The van der Waals surface area contributed by atoms with Crippen molar-refractivity contribution in [2.45, 2.75) is 19.3 Å². The number of para-hydroxylation sites is 1. The van der Waals surface area contributed by atoms with Gasteiger partial charge in [0.1, 0.15) is 0 Å². The van der Waals surface area contributed by atoms with Crippen molar-refractivity contribution in [2.24, 2.45) is 0 Å². The van der Waals surface area contributed by atoms with Gasteiger partial charge in [-0.3, -0.25) is 0 Å². The van der Waals surface area contributed by atoms with Crippen LogP contribution in [0.2, 0.25) is 0 Å². The first-order valence-corrected chi connectivity index (χ1v) is 20.8. The van der Waals surface area contributed by atoms with E-state index >= 15 is 0 Å². The van der Waals surface area contributed by atoms with Crippen molar-refractivity contribution in [2.75, 3.05) is 9.80 Å². The Balaban J connectivity index is 1.01. The van der Waals surface area contributed by atoms with E-state index in [1.54, 1.807) is 0 Å². The van der Waals surface area contributed by atoms with Gasteiger partial charge in [-0.2, -0.15) is 0 Å². The third-order valence-corrected chi connectivity index (χ3v) is 12.8. The number of hydrogen-bond donors (Lipinski definition) is 0. The maximum atomic E-state index is 6.70. The Kier molecular flexibility index (Phi) is 7.58. The second-order valence-electron chi connectivity index (χ2n) is 16.5. The topological polar surface area (TPSA) is 15.7 Å². The largest absolute Gasteiger partial charge is 0.453 e. The van der Waals surface area contributed by atoms with Gasteiger partial charge in [0, 0.05) is 27.6 Å². The zero-order chi connectivity index (χ0) is 40.0. The quantitative estimate of drug-likeness (QED) is 0.162. The van der Waals surface area contributed by atoms with Crippen molar-refractivity contribution in [3.8, 4) is 33.8 Å². The van der Waals surface area contributed by atoms with Crippen LogP contribution in [-0.4, -0.2) is 0 Å². The fraction of sp³-hybridized carbons (Fsp3) is 0.0526. The monoisotopic (exact) mass is 768 g/mol. The van der Waals surface area contributed by atoms with Crippen molar-refractivity contribution in [1.29, 1.82) is 0 Å². The van der Waals surface area contributed by atoms with E-state index in [1.165, 1.54) is 65.8 Å². The van der Waals surface area contributed by atoms with Gasteiger partial charge < -0.3 is 14.5 Å². The van der Waals surface area contributed by atoms with Crippen LogP contribution in [0.3, 0.4) is 0 Å². The van der Waals surface area contributed by atoms with Crippen molar-refractivity contribution in [3.05, 3.63) is 217 Å². The minimum Gasteiger partial charge on any atom is -0.453 e. The number of ether oxygens (including phenoxy) is 1. The van der Waals surface area contributed by atoms with Gasteiger partial charge in [-0.1, -0.05) is 172 Å². The molecule has 0 radical (unpaired) electrons. The Morgan fingerprint density at radius 2 is 0.983 bits per heavy atom. The van der Waals surface area contributed by atoms with Crippen LogP contribution in [0.5, 0.6) is 11.5 Å². The fourth-order valence-electron chi connectivity index (χ4n) is 9.81. The molecule has 0 saturated carbocycles. The first kappa shape index (κ1) is 34.4. The molecule has 10 aromatic rings. The molecule has 0 aromatic heterocycles. The van der Waals surface area contributed by atoms with Gasteiger partial charge in [0.25, 0.3) is 0 Å². The summed E-state index contributed by atoms with van der Waals surface area (Å²) in [6, 6.07) is 75.0. The molecule has 0 atom stereocenters. The minimum atomic E-state index is -0.232. The fourth-order valence-corrected chi connectivity index (χ4v) is 9.81. The molecule has 12 rings (SSSR count). The number of hydrogen-bond acceptors (Lipinski definition) is 3. The van der Waals surface area contributed by atoms with Gasteiger partial charge in [-0.05, 0) is 103 Å². The summed E-state index contributed by atoms with van der Waals surface area (Å²) in [6.07, 6.45) is 0. The second kappa shape index (κ2) is 13.2. The molecular weight excluding hydrogens is 729 g/mol. The summed E-state index contributed by atoms with van der Waals surface area (Å²) in [5.74, 6) is 1.76. The maximum Gasteiger partial charge on any atom is 0.152 e. The smallest absolute Gasteiger partial charge is 0.152 e. The standard InChI is InChI=1S/C57H40N2O/c1-57(2)49-33-27-41(35-52(49)59-55-46-18-9-6-15-40(46)28-34-54(55)60-53-22-12-21-50(57)56(53)59)39-25-31-44(32-26-39)58(43-29-23-38(24-30-43)37-13-4-3-5-14-37)51-36-42-16-7-8-17-45(42)47-19-10-11-20-48(47)51/h3-36H,1-2H3. The molecule has 0 N–H and O–H groups in total. The number of rotatable bonds is 5. The third kappa shape index (κ3) is 5.22. The molecule has 2 heterocycles. The lowest BCUT2D eigenvalue weighted by Gasteiger charge is -2.45. The van der Waals surface area contributed by atoms with E-state index in [2.05, 4.69) is 230 Å². The second-order valence-corrected chi connectivity index (χ2v) is 16.5. The zero-order valence-corrected chi connectivity index (χ0v) is 33.4. The van der Waals surface area contributed by atoms with Gasteiger partial charge in [-0.15, -0.1) is 0 Å². The van der Waals surface area contributed by atoms with E-state index in [0.717, 1.165) is 45.5 Å². The van der Waals surface area contributed by atoms with Crippen LogP contribution in [0.25, 0.3) is 54.6 Å². The summed E-state index contributed by atoms with van der Waals surface area (Å²) in [5.41, 5.74) is 13.8. The van der Waals surface area contributed by atoms with Crippen LogP contribution in [0.1, 0.15) is 25.0 Å². The van der Waals surface area contributed by atoms with Crippen molar-refractivity contribution < 1.29 is 4.74 Å². The molecule has 3 heteroatoms. The van der Waals surface area contributed by atoms with E-state index < -0.39 is 0 Å². The molecule has 0 unspecified atom stereocenters. The highest BCUT2D eigenvalue weighted by molar-refractivity contribution is 6.14. The number of anilines is 6. The number of fused-ring (bicyclic) bond motifs is 9. The van der Waals surface area contributed by atoms with Crippen LogP contribution in [0.4, 0.5) is 34.1 Å². The van der Waals surface area contributed by atoms with E-state index in [9.17, 15) is 0 Å². The third-order valence-electron chi connectivity index (χ3n) is 12.8. The molecule has 0 aliphatic carbocycles. The van der Waals surface area contributed by atoms with Crippen LogP contribution >= 0.6 is 0 Å². The molecule has 3 nitrogen and oxygen atoms in total. The van der Waals surface area contributed by atoms with Crippen LogP contribution in [-0.2, 0) is 5.41 Å². The van der Waals surface area contributed by atoms with Gasteiger partial charge in [0.15, 0.2) is 11.5 Å². The Morgan fingerprint density at radius 3 is 1.73 bits per heavy atom. The average Bonchev–Trinajstić information content (AvgIpc) is 3.31. The molecule has 2 aliphatic rings. The first-order chi connectivity index (χ1) is 29.5. The summed E-state index contributed by atoms with van der Waals surface area (Å²) in [6.45, 7) is 4.67. The Labute approximate surface area is 350 Å². The van der Waals surface area contributed by atoms with Gasteiger partial charge in [-0.25, -0.2) is 0 Å². The van der Waals surface area contributed by atoms with E-state index in [1.807, 2.05) is 0 Å². The molecule has 0 bridgehead atoms. The van der Waals surface area contributed by atoms with Crippen LogP contribution in [0, 0.1) is 0 Å². The predicted molar refractivity (Wildman–Crippen MR) is 251 cm³/mol. The van der Waals surface area contributed by atoms with Gasteiger partial charge >= 0.3 is 0 Å². The Morgan fingerprint density at radius 1 is 0.400 bits per heavy atom.